The van der Waals surface area contributed by atoms with Gasteiger partial charge in [0, 0.05) is 11.9 Å². The summed E-state index contributed by atoms with van der Waals surface area (Å²) in [5.74, 6) is -1.09. The van der Waals surface area contributed by atoms with Crippen molar-refractivity contribution in [3.05, 3.63) is 95.0 Å². The van der Waals surface area contributed by atoms with Gasteiger partial charge in [-0.2, -0.15) is 5.10 Å². The normalized spacial score (nSPS) is 17.5. The predicted octanol–water partition coefficient (Wildman–Crippen LogP) is 6.39. The number of nitrogens with zero attached hydrogens (tertiary/aromatic N) is 3. The molecule has 0 saturated heterocycles. The fraction of sp³-hybridized carbons (Fsp3) is 0.192. The third-order valence-electron chi connectivity index (χ3n) is 5.79. The third kappa shape index (κ3) is 5.21. The first kappa shape index (κ1) is 25.2. The lowest BCUT2D eigenvalue weighted by Gasteiger charge is -2.28. The molecule has 0 N–H and O–H groups in total. The van der Waals surface area contributed by atoms with E-state index in [0.29, 0.717) is 10.7 Å². The van der Waals surface area contributed by atoms with Crippen molar-refractivity contribution in [2.45, 2.75) is 25.6 Å². The average Bonchev–Trinajstić information content (AvgIpc) is 3.19. The fourth-order valence-corrected chi connectivity index (χ4v) is 4.23. The summed E-state index contributed by atoms with van der Waals surface area (Å²) >= 11 is 6.06. The third-order valence-corrected chi connectivity index (χ3v) is 6.05. The molecule has 3 amide bonds. The molecule has 3 aromatic rings. The number of imide groups is 1. The van der Waals surface area contributed by atoms with E-state index in [1.54, 1.807) is 24.3 Å². The monoisotopic (exact) mass is 515 g/mol. The molecule has 1 atom stereocenters. The molecular formula is C26H21ClF3N3O3. The minimum Gasteiger partial charge on any atom is -0.406 e. The first-order valence-electron chi connectivity index (χ1n) is 10.9. The smallest absolute Gasteiger partial charge is 0.406 e. The first-order valence-corrected chi connectivity index (χ1v) is 11.2. The SMILES string of the molecule is CC(=O)N(C(=O)N1CC(C)(c2ccccc2)C(c2ccc(Cl)cc2)=N1)c1ccc(OC(F)(F)F)cc1. The van der Waals surface area contributed by atoms with Crippen LogP contribution in [0.4, 0.5) is 23.7 Å². The number of hydrogen-bond acceptors (Lipinski definition) is 4. The summed E-state index contributed by atoms with van der Waals surface area (Å²) in [6, 6.07) is 20.3. The minimum absolute atomic E-state index is 0.0820. The molecule has 0 radical (unpaired) electrons. The molecule has 1 heterocycles. The summed E-state index contributed by atoms with van der Waals surface area (Å²) in [6.45, 7) is 3.27. The van der Waals surface area contributed by atoms with Crippen molar-refractivity contribution in [3.8, 4) is 5.75 Å². The van der Waals surface area contributed by atoms with E-state index < -0.39 is 29.5 Å². The molecular weight excluding hydrogens is 495 g/mol. The Morgan fingerprint density at radius 2 is 1.61 bits per heavy atom. The number of benzene rings is 3. The predicted molar refractivity (Wildman–Crippen MR) is 130 cm³/mol. The van der Waals surface area contributed by atoms with Gasteiger partial charge in [-0.25, -0.2) is 14.7 Å². The summed E-state index contributed by atoms with van der Waals surface area (Å²) < 4.78 is 41.4. The number of rotatable bonds is 4. The van der Waals surface area contributed by atoms with Crippen LogP contribution in [0, 0.1) is 0 Å². The average molecular weight is 516 g/mol. The van der Waals surface area contributed by atoms with E-state index in [0.717, 1.165) is 28.2 Å². The van der Waals surface area contributed by atoms with Gasteiger partial charge in [-0.05, 0) is 54.4 Å². The molecule has 0 saturated carbocycles. The largest absolute Gasteiger partial charge is 0.573 e. The van der Waals surface area contributed by atoms with Crippen LogP contribution in [0.2, 0.25) is 5.02 Å². The number of alkyl halides is 3. The number of hydrazone groups is 1. The van der Waals surface area contributed by atoms with Crippen LogP contribution in [0.1, 0.15) is 25.0 Å². The Balaban J connectivity index is 1.70. The zero-order chi connectivity index (χ0) is 26.1. The van der Waals surface area contributed by atoms with Crippen molar-refractivity contribution in [2.24, 2.45) is 5.10 Å². The van der Waals surface area contributed by atoms with Gasteiger partial charge in [0.2, 0.25) is 5.91 Å². The second-order valence-electron chi connectivity index (χ2n) is 8.39. The van der Waals surface area contributed by atoms with Gasteiger partial charge in [-0.3, -0.25) is 4.79 Å². The van der Waals surface area contributed by atoms with Crippen molar-refractivity contribution < 1.29 is 27.5 Å². The Morgan fingerprint density at radius 1 is 1.00 bits per heavy atom. The number of amides is 3. The number of anilines is 1. The van der Waals surface area contributed by atoms with Gasteiger partial charge in [0.15, 0.2) is 0 Å². The Bertz CT molecular complexity index is 1300. The molecule has 4 rings (SSSR count). The second kappa shape index (κ2) is 9.66. The van der Waals surface area contributed by atoms with E-state index in [-0.39, 0.29) is 12.2 Å². The maximum Gasteiger partial charge on any atom is 0.573 e. The zero-order valence-electron chi connectivity index (χ0n) is 19.3. The summed E-state index contributed by atoms with van der Waals surface area (Å²) in [7, 11) is 0. The molecule has 186 valence electrons. The Morgan fingerprint density at radius 3 is 2.17 bits per heavy atom. The lowest BCUT2D eigenvalue weighted by molar-refractivity contribution is -0.274. The molecule has 1 aliphatic rings. The number of carbonyl (C=O) groups excluding carboxylic acids is 2. The summed E-state index contributed by atoms with van der Waals surface area (Å²) in [6.07, 6.45) is -4.86. The number of hydrogen-bond donors (Lipinski definition) is 0. The maximum atomic E-state index is 13.5. The Labute approximate surface area is 210 Å². The van der Waals surface area contributed by atoms with Crippen LogP contribution in [0.3, 0.4) is 0 Å². The van der Waals surface area contributed by atoms with Gasteiger partial charge in [-0.15, -0.1) is 13.2 Å². The molecule has 1 aliphatic heterocycles. The molecule has 0 bridgehead atoms. The quantitative estimate of drug-likeness (QED) is 0.404. The van der Waals surface area contributed by atoms with Crippen LogP contribution in [0.15, 0.2) is 84.0 Å². The minimum atomic E-state index is -4.86. The highest BCUT2D eigenvalue weighted by molar-refractivity contribution is 6.30. The highest BCUT2D eigenvalue weighted by Crippen LogP contribution is 2.36. The van der Waals surface area contributed by atoms with Gasteiger partial charge in [0.25, 0.3) is 0 Å². The second-order valence-corrected chi connectivity index (χ2v) is 8.83. The highest BCUT2D eigenvalue weighted by Gasteiger charge is 2.44. The molecule has 36 heavy (non-hydrogen) atoms. The van der Waals surface area contributed by atoms with Gasteiger partial charge in [0.1, 0.15) is 5.75 Å². The van der Waals surface area contributed by atoms with E-state index in [2.05, 4.69) is 9.84 Å². The van der Waals surface area contributed by atoms with Crippen LogP contribution in [0.25, 0.3) is 0 Å². The zero-order valence-corrected chi connectivity index (χ0v) is 20.0. The van der Waals surface area contributed by atoms with Crippen LogP contribution in [-0.4, -0.2) is 35.6 Å². The van der Waals surface area contributed by atoms with Crippen molar-refractivity contribution in [3.63, 3.8) is 0 Å². The van der Waals surface area contributed by atoms with E-state index >= 15 is 0 Å². The van der Waals surface area contributed by atoms with Crippen LogP contribution in [-0.2, 0) is 10.2 Å². The molecule has 3 aromatic carbocycles. The van der Waals surface area contributed by atoms with Crippen molar-refractivity contribution in [1.29, 1.82) is 0 Å². The fourth-order valence-electron chi connectivity index (χ4n) is 4.11. The lowest BCUT2D eigenvalue weighted by Crippen LogP contribution is -2.45. The van der Waals surface area contributed by atoms with E-state index in [1.807, 2.05) is 37.3 Å². The van der Waals surface area contributed by atoms with Crippen molar-refractivity contribution in [1.82, 2.24) is 5.01 Å². The molecule has 0 aliphatic carbocycles. The molecule has 1 unspecified atom stereocenters. The summed E-state index contributed by atoms with van der Waals surface area (Å²) in [5, 5.41) is 6.34. The number of ether oxygens (including phenoxy) is 1. The number of carbonyl (C=O) groups is 2. The standard InChI is InChI=1S/C26H21ClF3N3O3/c1-17(34)33(21-12-14-22(15-13-21)36-26(28,29)30)24(35)32-16-25(2,19-6-4-3-5-7-19)23(31-32)18-8-10-20(27)11-9-18/h3-15H,16H2,1-2H3. The van der Waals surface area contributed by atoms with Gasteiger partial charge in [0.05, 0.1) is 23.4 Å². The van der Waals surface area contributed by atoms with Crippen LogP contribution in [0.5, 0.6) is 5.75 Å². The van der Waals surface area contributed by atoms with Gasteiger partial charge < -0.3 is 4.74 Å². The summed E-state index contributed by atoms with van der Waals surface area (Å²) in [5.41, 5.74) is 1.65. The van der Waals surface area contributed by atoms with Gasteiger partial charge in [-0.1, -0.05) is 54.1 Å². The van der Waals surface area contributed by atoms with Gasteiger partial charge >= 0.3 is 12.4 Å². The van der Waals surface area contributed by atoms with Crippen molar-refractivity contribution in [2.75, 3.05) is 11.4 Å². The van der Waals surface area contributed by atoms with E-state index in [1.165, 1.54) is 24.1 Å². The van der Waals surface area contributed by atoms with Crippen LogP contribution >= 0.6 is 11.6 Å². The molecule has 10 heteroatoms. The molecule has 6 nitrogen and oxygen atoms in total. The Hall–Kier alpha value is -3.85. The highest BCUT2D eigenvalue weighted by atomic mass is 35.5. The summed E-state index contributed by atoms with van der Waals surface area (Å²) in [4.78, 5) is 26.9. The number of urea groups is 1. The molecule has 0 spiro atoms. The molecule has 0 aromatic heterocycles. The topological polar surface area (TPSA) is 62.2 Å². The van der Waals surface area contributed by atoms with E-state index in [4.69, 9.17) is 11.6 Å². The lowest BCUT2D eigenvalue weighted by atomic mass is 9.76. The first-order chi connectivity index (χ1) is 17.0. The number of halogens is 4. The Kier molecular flexibility index (Phi) is 6.77. The van der Waals surface area contributed by atoms with Crippen LogP contribution < -0.4 is 9.64 Å². The van der Waals surface area contributed by atoms with Crippen molar-refractivity contribution >= 4 is 34.9 Å². The maximum absolute atomic E-state index is 13.5. The van der Waals surface area contributed by atoms with E-state index in [9.17, 15) is 22.8 Å². The molecule has 0 fully saturated rings.